The van der Waals surface area contributed by atoms with E-state index in [-0.39, 0.29) is 30.4 Å². The van der Waals surface area contributed by atoms with Crippen LogP contribution in [-0.2, 0) is 0 Å². The molecule has 194 valence electrons. The number of benzene rings is 2. The van der Waals surface area contributed by atoms with E-state index in [9.17, 15) is 4.79 Å². The van der Waals surface area contributed by atoms with Crippen molar-refractivity contribution in [2.75, 3.05) is 22.1 Å². The van der Waals surface area contributed by atoms with Gasteiger partial charge in [0.25, 0.3) is 5.91 Å². The molecule has 9 heteroatoms. The Bertz CT molecular complexity index is 919. The van der Waals surface area contributed by atoms with Crippen LogP contribution >= 0.6 is 57.6 Å². The van der Waals surface area contributed by atoms with Gasteiger partial charge in [0.2, 0.25) is 0 Å². The second kappa shape index (κ2) is 17.2. The van der Waals surface area contributed by atoms with Crippen molar-refractivity contribution in [1.82, 2.24) is 4.90 Å². The number of carbonyl (C=O) groups is 1. The maximum atomic E-state index is 13.2. The number of amides is 1. The molecule has 0 heterocycles. The summed E-state index contributed by atoms with van der Waals surface area (Å²) in [7, 11) is 0. The van der Waals surface area contributed by atoms with Gasteiger partial charge >= 0.3 is 0 Å². The lowest BCUT2D eigenvalue weighted by atomic mass is 10.1. The summed E-state index contributed by atoms with van der Waals surface area (Å²) in [4.78, 5) is 15.2. The quantitative estimate of drug-likeness (QED) is 0.0609. The van der Waals surface area contributed by atoms with Gasteiger partial charge in [-0.3, -0.25) is 4.79 Å². The third kappa shape index (κ3) is 10.3. The molecule has 1 amide bonds. The van der Waals surface area contributed by atoms with E-state index in [0.717, 1.165) is 56.3 Å². The minimum Gasteiger partial charge on any atom is -0.494 e. The highest BCUT2D eigenvalue weighted by atomic mass is 127. The zero-order valence-corrected chi connectivity index (χ0v) is 25.7. The standard InChI is InChI=1S/C26H35I2N3O3.ClH/c1-19-15-24(11-12-25(19)26(32)31(20(2)16-27)21(3)17-28)34-14-6-4-5-13-33-23-9-7-22(8-10-23)18-30-29;/h7-12,15,18,20-21H,4-6,13-14,16-17,29H2,1-3H3;1H. The molecule has 2 N–H and O–H groups in total. The minimum atomic E-state index is 0. The molecule has 0 spiro atoms. The average Bonchev–Trinajstić information content (AvgIpc) is 2.84. The largest absolute Gasteiger partial charge is 0.494 e. The number of carbonyl (C=O) groups excluding carboxylic acids is 1. The molecular formula is C26H36ClI2N3O3. The van der Waals surface area contributed by atoms with Gasteiger partial charge in [0.1, 0.15) is 11.5 Å². The van der Waals surface area contributed by atoms with E-state index in [1.54, 1.807) is 6.21 Å². The van der Waals surface area contributed by atoms with Crippen LogP contribution in [-0.4, -0.2) is 51.2 Å². The van der Waals surface area contributed by atoms with E-state index >= 15 is 0 Å². The number of unbranched alkanes of at least 4 members (excludes halogenated alkanes) is 2. The van der Waals surface area contributed by atoms with Crippen molar-refractivity contribution in [3.63, 3.8) is 0 Å². The maximum absolute atomic E-state index is 13.2. The Morgan fingerprint density at radius 2 is 1.51 bits per heavy atom. The topological polar surface area (TPSA) is 77.1 Å². The SMILES string of the molecule is Cc1cc(OCCCCCOc2ccc(C=NN)cc2)ccc1C(=O)N(C(C)CI)C(C)CI.Cl. The van der Waals surface area contributed by atoms with Gasteiger partial charge in [-0.25, -0.2) is 0 Å². The molecule has 0 radical (unpaired) electrons. The molecule has 0 saturated heterocycles. The van der Waals surface area contributed by atoms with Gasteiger partial charge in [0.15, 0.2) is 0 Å². The maximum Gasteiger partial charge on any atom is 0.254 e. The average molecular weight is 728 g/mol. The van der Waals surface area contributed by atoms with E-state index in [4.69, 9.17) is 15.3 Å². The van der Waals surface area contributed by atoms with Gasteiger partial charge < -0.3 is 20.2 Å². The highest BCUT2D eigenvalue weighted by molar-refractivity contribution is 14.1. The number of hydrazone groups is 1. The zero-order chi connectivity index (χ0) is 24.9. The molecule has 0 bridgehead atoms. The number of ether oxygens (including phenoxy) is 2. The molecule has 2 atom stereocenters. The summed E-state index contributed by atoms with van der Waals surface area (Å²) in [6, 6.07) is 13.9. The van der Waals surface area contributed by atoms with E-state index in [1.165, 1.54) is 0 Å². The molecule has 0 saturated carbocycles. The van der Waals surface area contributed by atoms with Crippen molar-refractivity contribution >= 4 is 69.7 Å². The highest BCUT2D eigenvalue weighted by Crippen LogP contribution is 2.22. The Kier molecular flexibility index (Phi) is 15.6. The molecule has 35 heavy (non-hydrogen) atoms. The molecule has 2 aromatic carbocycles. The van der Waals surface area contributed by atoms with Crippen LogP contribution in [0.2, 0.25) is 0 Å². The van der Waals surface area contributed by atoms with Gasteiger partial charge in [-0.05, 0) is 93.6 Å². The molecule has 2 rings (SSSR count). The van der Waals surface area contributed by atoms with Crippen molar-refractivity contribution in [1.29, 1.82) is 0 Å². The summed E-state index contributed by atoms with van der Waals surface area (Å²) >= 11 is 4.69. The fourth-order valence-electron chi connectivity index (χ4n) is 3.59. The predicted octanol–water partition coefficient (Wildman–Crippen LogP) is 6.43. The van der Waals surface area contributed by atoms with Gasteiger partial charge in [0.05, 0.1) is 19.4 Å². The van der Waals surface area contributed by atoms with Crippen molar-refractivity contribution in [3.05, 3.63) is 59.2 Å². The summed E-state index contributed by atoms with van der Waals surface area (Å²) in [5.41, 5.74) is 2.65. The van der Waals surface area contributed by atoms with Crippen LogP contribution in [0.25, 0.3) is 0 Å². The highest BCUT2D eigenvalue weighted by Gasteiger charge is 2.26. The van der Waals surface area contributed by atoms with Crippen LogP contribution in [0.5, 0.6) is 11.5 Å². The molecule has 2 aromatic rings. The lowest BCUT2D eigenvalue weighted by Gasteiger charge is -2.33. The third-order valence-electron chi connectivity index (χ3n) is 5.49. The van der Waals surface area contributed by atoms with Crippen LogP contribution < -0.4 is 15.3 Å². The normalized spacial score (nSPS) is 12.6. The van der Waals surface area contributed by atoms with Crippen LogP contribution in [0.15, 0.2) is 47.6 Å². The Balaban J connectivity index is 0.00000612. The van der Waals surface area contributed by atoms with Crippen molar-refractivity contribution in [3.8, 4) is 11.5 Å². The van der Waals surface area contributed by atoms with Crippen molar-refractivity contribution in [2.45, 2.75) is 52.1 Å². The molecule has 2 unspecified atom stereocenters. The summed E-state index contributed by atoms with van der Waals surface area (Å²) in [5, 5.41) is 3.51. The van der Waals surface area contributed by atoms with Gasteiger partial charge in [-0.1, -0.05) is 45.2 Å². The molecule has 6 nitrogen and oxygen atoms in total. The fraction of sp³-hybridized carbons (Fsp3) is 0.462. The summed E-state index contributed by atoms with van der Waals surface area (Å²) < 4.78 is 13.5. The monoisotopic (exact) mass is 727 g/mol. The fourth-order valence-corrected chi connectivity index (χ4v) is 4.43. The minimum absolute atomic E-state index is 0. The van der Waals surface area contributed by atoms with Crippen LogP contribution in [0.3, 0.4) is 0 Å². The first-order chi connectivity index (χ1) is 16.4. The second-order valence-electron chi connectivity index (χ2n) is 8.30. The lowest BCUT2D eigenvalue weighted by Crippen LogP contribution is -2.46. The van der Waals surface area contributed by atoms with E-state index < -0.39 is 0 Å². The molecule has 0 aliphatic carbocycles. The Labute approximate surface area is 243 Å². The second-order valence-corrected chi connectivity index (χ2v) is 10.1. The van der Waals surface area contributed by atoms with Crippen molar-refractivity contribution in [2.24, 2.45) is 10.9 Å². The lowest BCUT2D eigenvalue weighted by molar-refractivity contribution is 0.0655. The summed E-state index contributed by atoms with van der Waals surface area (Å²) in [6.07, 6.45) is 4.53. The van der Waals surface area contributed by atoms with E-state index in [1.807, 2.05) is 54.3 Å². The summed E-state index contributed by atoms with van der Waals surface area (Å²) in [5.74, 6) is 6.90. The number of aryl methyl sites for hydroxylation is 1. The van der Waals surface area contributed by atoms with Gasteiger partial charge in [-0.2, -0.15) is 5.10 Å². The molecule has 0 aromatic heterocycles. The Morgan fingerprint density at radius 3 is 2.03 bits per heavy atom. The van der Waals surface area contributed by atoms with E-state index in [0.29, 0.717) is 13.2 Å². The molecule has 0 fully saturated rings. The first kappa shape index (κ1) is 31.8. The number of nitrogens with zero attached hydrogens (tertiary/aromatic N) is 2. The summed E-state index contributed by atoms with van der Waals surface area (Å²) in [6.45, 7) is 7.51. The molecular weight excluding hydrogens is 692 g/mol. The van der Waals surface area contributed by atoms with Crippen LogP contribution in [0.1, 0.15) is 54.6 Å². The number of nitrogens with two attached hydrogens (primary N) is 1. The predicted molar refractivity (Wildman–Crippen MR) is 164 cm³/mol. The molecule has 0 aliphatic heterocycles. The molecule has 0 aliphatic rings. The Hall–Kier alpha value is -1.27. The van der Waals surface area contributed by atoms with Gasteiger partial charge in [-0.15, -0.1) is 12.4 Å². The number of rotatable bonds is 14. The Morgan fingerprint density at radius 1 is 0.971 bits per heavy atom. The van der Waals surface area contributed by atoms with Crippen LogP contribution in [0, 0.1) is 6.92 Å². The smallest absolute Gasteiger partial charge is 0.254 e. The first-order valence-electron chi connectivity index (χ1n) is 11.5. The number of alkyl halides is 2. The van der Waals surface area contributed by atoms with Crippen molar-refractivity contribution < 1.29 is 14.3 Å². The number of hydrogen-bond acceptors (Lipinski definition) is 5. The number of hydrogen-bond donors (Lipinski definition) is 1. The van der Waals surface area contributed by atoms with E-state index in [2.05, 4.69) is 64.1 Å². The van der Waals surface area contributed by atoms with Crippen LogP contribution in [0.4, 0.5) is 0 Å². The number of halogens is 3. The first-order valence-corrected chi connectivity index (χ1v) is 14.6. The zero-order valence-electron chi connectivity index (χ0n) is 20.6. The third-order valence-corrected chi connectivity index (χ3v) is 8.04. The van der Waals surface area contributed by atoms with Gasteiger partial charge in [0, 0.05) is 26.5 Å².